The Morgan fingerprint density at radius 3 is 2.27 bits per heavy atom. The number of carbonyl (C=O) groups is 2. The monoisotopic (exact) mass is 440 g/mol. The van der Waals surface area contributed by atoms with Gasteiger partial charge in [-0.2, -0.15) is 0 Å². The summed E-state index contributed by atoms with van der Waals surface area (Å²) in [7, 11) is 0. The number of nitrogens with zero attached hydrogens (tertiary/aromatic N) is 1. The maximum absolute atomic E-state index is 13.3. The number of nitrogen functional groups attached to an aromatic ring is 1. The maximum Gasteiger partial charge on any atom is 0.264 e. The third-order valence-electron chi connectivity index (χ3n) is 5.20. The Kier molecular flexibility index (Phi) is 5.28. The van der Waals surface area contributed by atoms with E-state index in [1.54, 1.807) is 48.5 Å². The van der Waals surface area contributed by atoms with Crippen LogP contribution in [0, 0.1) is 0 Å². The van der Waals surface area contributed by atoms with Crippen molar-refractivity contribution in [2.75, 3.05) is 10.6 Å². The number of rotatable bonds is 5. The lowest BCUT2D eigenvalue weighted by Gasteiger charge is -2.23. The Hall–Kier alpha value is -2.86. The van der Waals surface area contributed by atoms with Crippen LogP contribution in [0.5, 0.6) is 0 Å². The van der Waals surface area contributed by atoms with Crippen LogP contribution < -0.4 is 10.6 Å². The summed E-state index contributed by atoms with van der Waals surface area (Å²) in [5.74, 6) is -0.941. The molecule has 0 saturated carbocycles. The fourth-order valence-corrected chi connectivity index (χ4v) is 3.92. The zero-order valence-electron chi connectivity index (χ0n) is 15.8. The van der Waals surface area contributed by atoms with Crippen LogP contribution in [0.4, 0.5) is 11.4 Å². The highest BCUT2D eigenvalue weighted by Crippen LogP contribution is 2.44. The summed E-state index contributed by atoms with van der Waals surface area (Å²) in [5.41, 5.74) is 6.23. The third kappa shape index (κ3) is 3.67. The number of amides is 1. The first-order valence-corrected chi connectivity index (χ1v) is 10.0. The van der Waals surface area contributed by atoms with Crippen molar-refractivity contribution < 1.29 is 14.7 Å². The molecule has 1 atom stereocenters. The van der Waals surface area contributed by atoms with E-state index in [9.17, 15) is 14.7 Å². The molecule has 0 saturated heterocycles. The van der Waals surface area contributed by atoms with Gasteiger partial charge in [0.1, 0.15) is 0 Å². The van der Waals surface area contributed by atoms with Crippen molar-refractivity contribution in [3.05, 3.63) is 93.5 Å². The second-order valence-electron chi connectivity index (χ2n) is 7.26. The molecule has 1 amide bonds. The van der Waals surface area contributed by atoms with Gasteiger partial charge in [-0.25, -0.2) is 0 Å². The molecule has 4 rings (SSSR count). The first kappa shape index (κ1) is 20.4. The number of hydrogen-bond acceptors (Lipinski definition) is 4. The Morgan fingerprint density at radius 2 is 1.60 bits per heavy atom. The minimum absolute atomic E-state index is 0.225. The number of anilines is 2. The standard InChI is InChI=1S/C23H18Cl2N2O3/c24-16-5-1-14(2-6-16)13-27-20-10-7-17(25)11-19(20)23(30,22(27)29)12-21(28)15-3-8-18(26)9-4-15/h1-11,30H,12-13,26H2/t23-/m0/s1. The van der Waals surface area contributed by atoms with E-state index in [1.807, 2.05) is 12.1 Å². The molecular weight excluding hydrogens is 423 g/mol. The van der Waals surface area contributed by atoms with Crippen molar-refractivity contribution in [3.63, 3.8) is 0 Å². The summed E-state index contributed by atoms with van der Waals surface area (Å²) in [6.45, 7) is 0.225. The van der Waals surface area contributed by atoms with E-state index >= 15 is 0 Å². The fraction of sp³-hybridized carbons (Fsp3) is 0.130. The van der Waals surface area contributed by atoms with E-state index < -0.39 is 17.9 Å². The van der Waals surface area contributed by atoms with Crippen molar-refractivity contribution in [3.8, 4) is 0 Å². The lowest BCUT2D eigenvalue weighted by atomic mass is 9.88. The van der Waals surface area contributed by atoms with Gasteiger partial charge in [-0.3, -0.25) is 9.59 Å². The van der Waals surface area contributed by atoms with Gasteiger partial charge in [0, 0.05) is 26.9 Å². The molecule has 152 valence electrons. The molecule has 1 heterocycles. The fourth-order valence-electron chi connectivity index (χ4n) is 3.63. The summed E-state index contributed by atoms with van der Waals surface area (Å²) in [6.07, 6.45) is -0.403. The van der Waals surface area contributed by atoms with Gasteiger partial charge in [-0.05, 0) is 60.2 Å². The van der Waals surface area contributed by atoms with Crippen LogP contribution in [0.2, 0.25) is 10.0 Å². The summed E-state index contributed by atoms with van der Waals surface area (Å²) < 4.78 is 0. The van der Waals surface area contributed by atoms with E-state index in [0.29, 0.717) is 32.5 Å². The van der Waals surface area contributed by atoms with Crippen molar-refractivity contribution in [2.45, 2.75) is 18.6 Å². The summed E-state index contributed by atoms with van der Waals surface area (Å²) in [5, 5.41) is 12.4. The van der Waals surface area contributed by atoms with E-state index in [-0.39, 0.29) is 12.3 Å². The Labute approximate surface area is 183 Å². The highest BCUT2D eigenvalue weighted by atomic mass is 35.5. The normalized spacial score (nSPS) is 17.8. The molecule has 3 aromatic rings. The predicted octanol–water partition coefficient (Wildman–Crippen LogP) is 4.58. The van der Waals surface area contributed by atoms with Crippen molar-refractivity contribution >= 4 is 46.3 Å². The average molecular weight is 441 g/mol. The summed E-state index contributed by atoms with van der Waals surface area (Å²) >= 11 is 12.1. The van der Waals surface area contributed by atoms with Gasteiger partial charge in [0.2, 0.25) is 0 Å². The molecule has 0 spiro atoms. The summed E-state index contributed by atoms with van der Waals surface area (Å²) in [4.78, 5) is 27.6. The average Bonchev–Trinajstić information content (AvgIpc) is 2.91. The number of benzene rings is 3. The van der Waals surface area contributed by atoms with Crippen LogP contribution in [0.3, 0.4) is 0 Å². The third-order valence-corrected chi connectivity index (χ3v) is 5.68. The van der Waals surface area contributed by atoms with E-state index in [4.69, 9.17) is 28.9 Å². The second kappa shape index (κ2) is 7.76. The lowest BCUT2D eigenvalue weighted by molar-refractivity contribution is -0.136. The van der Waals surface area contributed by atoms with Gasteiger partial charge in [-0.15, -0.1) is 0 Å². The molecule has 0 unspecified atom stereocenters. The Bertz CT molecular complexity index is 1130. The zero-order valence-corrected chi connectivity index (χ0v) is 17.3. The molecule has 5 nitrogen and oxygen atoms in total. The van der Waals surface area contributed by atoms with Crippen LogP contribution >= 0.6 is 23.2 Å². The number of ketones is 1. The van der Waals surface area contributed by atoms with Gasteiger partial charge in [0.25, 0.3) is 5.91 Å². The number of Topliss-reactive ketones (excluding diaryl/α,β-unsaturated/α-hetero) is 1. The second-order valence-corrected chi connectivity index (χ2v) is 8.13. The zero-order chi connectivity index (χ0) is 21.5. The van der Waals surface area contributed by atoms with E-state index in [0.717, 1.165) is 5.56 Å². The maximum atomic E-state index is 13.3. The highest BCUT2D eigenvalue weighted by Gasteiger charge is 2.51. The largest absolute Gasteiger partial charge is 0.399 e. The summed E-state index contributed by atoms with van der Waals surface area (Å²) in [6, 6.07) is 18.3. The molecule has 0 radical (unpaired) electrons. The van der Waals surface area contributed by atoms with Crippen LogP contribution in [0.25, 0.3) is 0 Å². The van der Waals surface area contributed by atoms with E-state index in [2.05, 4.69) is 0 Å². The Balaban J connectivity index is 1.70. The number of carbonyl (C=O) groups excluding carboxylic acids is 2. The smallest absolute Gasteiger partial charge is 0.264 e. The topological polar surface area (TPSA) is 83.6 Å². The first-order chi connectivity index (χ1) is 14.3. The van der Waals surface area contributed by atoms with Crippen LogP contribution in [0.1, 0.15) is 27.9 Å². The van der Waals surface area contributed by atoms with Crippen molar-refractivity contribution in [2.24, 2.45) is 0 Å². The molecule has 0 aliphatic carbocycles. The minimum Gasteiger partial charge on any atom is -0.399 e. The molecule has 3 N–H and O–H groups in total. The molecule has 0 fully saturated rings. The van der Waals surface area contributed by atoms with Gasteiger partial charge in [0.15, 0.2) is 11.4 Å². The molecule has 3 aromatic carbocycles. The molecule has 7 heteroatoms. The molecule has 30 heavy (non-hydrogen) atoms. The van der Waals surface area contributed by atoms with Gasteiger partial charge >= 0.3 is 0 Å². The van der Waals surface area contributed by atoms with Crippen molar-refractivity contribution in [1.29, 1.82) is 0 Å². The number of fused-ring (bicyclic) bond motifs is 1. The van der Waals surface area contributed by atoms with Crippen LogP contribution in [-0.4, -0.2) is 16.8 Å². The van der Waals surface area contributed by atoms with Crippen molar-refractivity contribution in [1.82, 2.24) is 0 Å². The number of nitrogens with two attached hydrogens (primary N) is 1. The van der Waals surface area contributed by atoms with Crippen LogP contribution in [-0.2, 0) is 16.9 Å². The first-order valence-electron chi connectivity index (χ1n) is 9.25. The minimum atomic E-state index is -2.01. The molecular formula is C23H18Cl2N2O3. The quantitative estimate of drug-likeness (QED) is 0.449. The van der Waals surface area contributed by atoms with Gasteiger partial charge in [0.05, 0.1) is 18.7 Å². The number of hydrogen-bond donors (Lipinski definition) is 2. The number of halogens is 2. The molecule has 0 aromatic heterocycles. The lowest BCUT2D eigenvalue weighted by Crippen LogP contribution is -2.41. The number of aliphatic hydroxyl groups is 1. The Morgan fingerprint density at radius 1 is 0.967 bits per heavy atom. The van der Waals surface area contributed by atoms with E-state index in [1.165, 1.54) is 11.0 Å². The SMILES string of the molecule is Nc1ccc(C(=O)C[C@@]2(O)C(=O)N(Cc3ccc(Cl)cc3)c3ccc(Cl)cc32)cc1. The molecule has 0 bridgehead atoms. The highest BCUT2D eigenvalue weighted by molar-refractivity contribution is 6.31. The molecule has 1 aliphatic heterocycles. The van der Waals surface area contributed by atoms with Gasteiger partial charge in [-0.1, -0.05) is 35.3 Å². The molecule has 1 aliphatic rings. The predicted molar refractivity (Wildman–Crippen MR) is 118 cm³/mol. The van der Waals surface area contributed by atoms with Crippen LogP contribution in [0.15, 0.2) is 66.7 Å². The van der Waals surface area contributed by atoms with Gasteiger partial charge < -0.3 is 15.7 Å².